The van der Waals surface area contributed by atoms with E-state index < -0.39 is 11.9 Å². The van der Waals surface area contributed by atoms with Gasteiger partial charge in [-0.1, -0.05) is 36.1 Å². The third-order valence-electron chi connectivity index (χ3n) is 6.58. The van der Waals surface area contributed by atoms with Gasteiger partial charge in [0.1, 0.15) is 11.4 Å². The normalized spacial score (nSPS) is 11.7. The molecule has 4 aromatic heterocycles. The lowest BCUT2D eigenvalue weighted by atomic mass is 10.1. The predicted molar refractivity (Wildman–Crippen MR) is 156 cm³/mol. The maximum atomic E-state index is 14.2. The van der Waals surface area contributed by atoms with Crippen LogP contribution >= 0.6 is 0 Å². The first kappa shape index (κ1) is 25.5. The third kappa shape index (κ3) is 4.77. The Hall–Kier alpha value is -5.82. The Morgan fingerprint density at radius 3 is 2.61 bits per heavy atom. The molecule has 1 amide bonds. The minimum Gasteiger partial charge on any atom is -0.381 e. The summed E-state index contributed by atoms with van der Waals surface area (Å²) in [7, 11) is 0. The Labute approximate surface area is 234 Å². The number of nitrogens with zero attached hydrogens (tertiary/aromatic N) is 6. The SMILES string of the molecule is Cc1ccc(C#Cc2cccc3nc([C@H](C)NC(=O)c4c(N)nn5cccnc45)n(-c4ccccc4)c(=O)c23)cn1. The van der Waals surface area contributed by atoms with Crippen LogP contribution in [0.15, 0.2) is 90.1 Å². The summed E-state index contributed by atoms with van der Waals surface area (Å²) < 4.78 is 2.95. The van der Waals surface area contributed by atoms with Crippen molar-refractivity contribution in [2.45, 2.75) is 19.9 Å². The maximum Gasteiger partial charge on any atom is 0.267 e. The van der Waals surface area contributed by atoms with Gasteiger partial charge in [0.05, 0.1) is 22.6 Å². The number of aryl methyl sites for hydroxylation is 1. The lowest BCUT2D eigenvalue weighted by Crippen LogP contribution is -2.33. The number of hydrogen-bond acceptors (Lipinski definition) is 7. The van der Waals surface area contributed by atoms with E-state index in [9.17, 15) is 9.59 Å². The summed E-state index contributed by atoms with van der Waals surface area (Å²) in [5.74, 6) is 6.13. The fourth-order valence-corrected chi connectivity index (χ4v) is 4.60. The quantitative estimate of drug-likeness (QED) is 0.326. The molecule has 0 aliphatic carbocycles. The summed E-state index contributed by atoms with van der Waals surface area (Å²) in [5.41, 5.74) is 9.47. The first-order valence-electron chi connectivity index (χ1n) is 12.9. The standard InChI is InChI=1S/C31H24N8O2/c1-19-12-13-21(18-34-19)14-15-22-8-6-11-24-25(22)31(41)39(23-9-4-3-5-10-23)28(36-24)20(2)35-30(40)26-27(32)37-38-17-7-16-33-29(26)38/h3-13,16-18,20H,1-2H3,(H2,32,37)(H,35,40)/t20-/m0/s1. The second kappa shape index (κ2) is 10.4. The van der Waals surface area contributed by atoms with Gasteiger partial charge in [-0.15, -0.1) is 5.10 Å². The summed E-state index contributed by atoms with van der Waals surface area (Å²) >= 11 is 0. The molecular weight excluding hydrogens is 516 g/mol. The molecule has 0 aliphatic heterocycles. The average Bonchev–Trinajstić information content (AvgIpc) is 3.32. The van der Waals surface area contributed by atoms with Crippen LogP contribution in [0.1, 0.15) is 46.0 Å². The van der Waals surface area contributed by atoms with Gasteiger partial charge in [0, 0.05) is 35.4 Å². The number of nitrogens with one attached hydrogen (secondary N) is 1. The van der Waals surface area contributed by atoms with E-state index >= 15 is 0 Å². The van der Waals surface area contributed by atoms with E-state index in [4.69, 9.17) is 10.7 Å². The van der Waals surface area contributed by atoms with Crippen LogP contribution in [-0.4, -0.2) is 35.0 Å². The highest BCUT2D eigenvalue weighted by atomic mass is 16.2. The van der Waals surface area contributed by atoms with E-state index in [1.54, 1.807) is 49.8 Å². The van der Waals surface area contributed by atoms with Crippen LogP contribution in [0, 0.1) is 18.8 Å². The van der Waals surface area contributed by atoms with Gasteiger partial charge in [0.2, 0.25) is 0 Å². The molecule has 0 saturated carbocycles. The molecule has 0 aliphatic rings. The molecule has 10 nitrogen and oxygen atoms in total. The number of benzene rings is 2. The number of para-hydroxylation sites is 1. The molecule has 1 atom stereocenters. The van der Waals surface area contributed by atoms with Crippen LogP contribution in [0.2, 0.25) is 0 Å². The van der Waals surface area contributed by atoms with E-state index in [1.807, 2.05) is 49.4 Å². The number of nitrogens with two attached hydrogens (primary N) is 1. The van der Waals surface area contributed by atoms with Gasteiger partial charge in [-0.05, 0) is 56.3 Å². The summed E-state index contributed by atoms with van der Waals surface area (Å²) in [6, 6.07) is 19.3. The summed E-state index contributed by atoms with van der Waals surface area (Å²) in [4.78, 5) is 40.9. The van der Waals surface area contributed by atoms with Crippen LogP contribution in [0.4, 0.5) is 5.82 Å². The Morgan fingerprint density at radius 2 is 1.83 bits per heavy atom. The van der Waals surface area contributed by atoms with Crippen molar-refractivity contribution in [1.29, 1.82) is 0 Å². The number of anilines is 1. The van der Waals surface area contributed by atoms with Gasteiger partial charge >= 0.3 is 0 Å². The molecule has 4 heterocycles. The molecule has 6 aromatic rings. The summed E-state index contributed by atoms with van der Waals surface area (Å²) in [6.45, 7) is 3.67. The van der Waals surface area contributed by atoms with Crippen LogP contribution in [0.5, 0.6) is 0 Å². The Bertz CT molecular complexity index is 2050. The second-order valence-corrected chi connectivity index (χ2v) is 9.43. The van der Waals surface area contributed by atoms with Gasteiger partial charge in [-0.2, -0.15) is 0 Å². The monoisotopic (exact) mass is 540 g/mol. The number of hydrogen-bond donors (Lipinski definition) is 2. The molecule has 10 heteroatoms. The van der Waals surface area contributed by atoms with Gasteiger partial charge in [0.15, 0.2) is 11.5 Å². The van der Waals surface area contributed by atoms with Crippen LogP contribution in [-0.2, 0) is 0 Å². The number of amides is 1. The van der Waals surface area contributed by atoms with Crippen molar-refractivity contribution in [1.82, 2.24) is 34.4 Å². The van der Waals surface area contributed by atoms with Crippen molar-refractivity contribution >= 4 is 28.3 Å². The third-order valence-corrected chi connectivity index (χ3v) is 6.58. The van der Waals surface area contributed by atoms with Crippen molar-refractivity contribution in [3.63, 3.8) is 0 Å². The first-order valence-corrected chi connectivity index (χ1v) is 12.9. The van der Waals surface area contributed by atoms with E-state index in [1.165, 1.54) is 9.08 Å². The maximum absolute atomic E-state index is 14.2. The van der Waals surface area contributed by atoms with E-state index in [-0.39, 0.29) is 16.9 Å². The minimum absolute atomic E-state index is 0.0484. The molecular formula is C31H24N8O2. The topological polar surface area (TPSA) is 133 Å². The van der Waals surface area contributed by atoms with E-state index in [2.05, 4.69) is 32.2 Å². The lowest BCUT2D eigenvalue weighted by molar-refractivity contribution is 0.0940. The molecule has 0 spiro atoms. The number of nitrogen functional groups attached to an aromatic ring is 1. The molecule has 200 valence electrons. The van der Waals surface area contributed by atoms with Gasteiger partial charge in [-0.25, -0.2) is 14.5 Å². The fraction of sp³-hybridized carbons (Fsp3) is 0.0968. The number of fused-ring (bicyclic) bond motifs is 2. The predicted octanol–water partition coefficient (Wildman–Crippen LogP) is 3.60. The number of rotatable bonds is 4. The molecule has 41 heavy (non-hydrogen) atoms. The molecule has 0 saturated heterocycles. The van der Waals surface area contributed by atoms with Crippen molar-refractivity contribution in [3.8, 4) is 17.5 Å². The number of carbonyl (C=O) groups is 1. The summed E-state index contributed by atoms with van der Waals surface area (Å²) in [5, 5.41) is 7.48. The molecule has 0 bridgehead atoms. The first-order chi connectivity index (χ1) is 19.9. The van der Waals surface area contributed by atoms with Crippen molar-refractivity contribution < 1.29 is 4.79 Å². The van der Waals surface area contributed by atoms with Gasteiger partial charge < -0.3 is 11.1 Å². The van der Waals surface area contributed by atoms with E-state index in [0.717, 1.165) is 11.3 Å². The van der Waals surface area contributed by atoms with Crippen molar-refractivity contribution in [2.75, 3.05) is 5.73 Å². The highest BCUT2D eigenvalue weighted by Gasteiger charge is 2.24. The van der Waals surface area contributed by atoms with Gasteiger partial charge in [0.25, 0.3) is 11.5 Å². The molecule has 6 rings (SSSR count). The molecule has 3 N–H and O–H groups in total. The zero-order valence-electron chi connectivity index (χ0n) is 22.2. The Morgan fingerprint density at radius 1 is 1.00 bits per heavy atom. The van der Waals surface area contributed by atoms with Crippen LogP contribution in [0.25, 0.3) is 22.2 Å². The smallest absolute Gasteiger partial charge is 0.267 e. The molecule has 2 aromatic carbocycles. The minimum atomic E-state index is -0.689. The summed E-state index contributed by atoms with van der Waals surface area (Å²) in [6.07, 6.45) is 4.92. The van der Waals surface area contributed by atoms with Crippen molar-refractivity contribution in [2.24, 2.45) is 0 Å². The fourth-order valence-electron chi connectivity index (χ4n) is 4.60. The zero-order valence-corrected chi connectivity index (χ0v) is 22.2. The molecule has 0 fully saturated rings. The number of aromatic nitrogens is 6. The average molecular weight is 541 g/mol. The van der Waals surface area contributed by atoms with Crippen molar-refractivity contribution in [3.05, 3.63) is 124 Å². The Kier molecular flexibility index (Phi) is 6.45. The highest BCUT2D eigenvalue weighted by molar-refractivity contribution is 6.04. The number of pyridine rings is 1. The molecule has 0 radical (unpaired) electrons. The second-order valence-electron chi connectivity index (χ2n) is 9.43. The van der Waals surface area contributed by atoms with Crippen LogP contribution < -0.4 is 16.6 Å². The largest absolute Gasteiger partial charge is 0.381 e. The van der Waals surface area contributed by atoms with Crippen LogP contribution in [0.3, 0.4) is 0 Å². The lowest BCUT2D eigenvalue weighted by Gasteiger charge is -2.20. The molecule has 0 unspecified atom stereocenters. The highest BCUT2D eigenvalue weighted by Crippen LogP contribution is 2.22. The number of carbonyl (C=O) groups excluding carboxylic acids is 1. The Balaban J connectivity index is 1.47. The van der Waals surface area contributed by atoms with Gasteiger partial charge in [-0.3, -0.25) is 19.1 Å². The van der Waals surface area contributed by atoms with E-state index in [0.29, 0.717) is 33.6 Å². The zero-order chi connectivity index (χ0) is 28.5.